The van der Waals surface area contributed by atoms with Gasteiger partial charge in [0.05, 0.1) is 0 Å². The molecule has 1 aliphatic heterocycles. The minimum absolute atomic E-state index is 0.153. The van der Waals surface area contributed by atoms with Gasteiger partial charge in [-0.3, -0.25) is 0 Å². The Morgan fingerprint density at radius 2 is 1.67 bits per heavy atom. The number of halogens is 1. The van der Waals surface area contributed by atoms with E-state index in [0.717, 1.165) is 6.54 Å². The van der Waals surface area contributed by atoms with Crippen LogP contribution in [0.4, 0.5) is 5.69 Å². The van der Waals surface area contributed by atoms with Crippen molar-refractivity contribution in [1.82, 2.24) is 5.32 Å². The van der Waals surface area contributed by atoms with E-state index in [1.54, 1.807) is 0 Å². The lowest BCUT2D eigenvalue weighted by molar-refractivity contribution is 0.424. The number of nitrogens with one attached hydrogen (secondary N) is 1. The van der Waals surface area contributed by atoms with E-state index in [9.17, 15) is 0 Å². The van der Waals surface area contributed by atoms with Gasteiger partial charge in [0.1, 0.15) is 0 Å². The van der Waals surface area contributed by atoms with Crippen molar-refractivity contribution < 1.29 is 0 Å². The molecule has 1 aliphatic rings. The summed E-state index contributed by atoms with van der Waals surface area (Å²) in [5.41, 5.74) is 2.97. The fraction of sp³-hybridized carbons (Fsp3) is 0.667. The van der Waals surface area contributed by atoms with E-state index in [4.69, 9.17) is 0 Å². The van der Waals surface area contributed by atoms with Gasteiger partial charge in [0, 0.05) is 35.3 Å². The van der Waals surface area contributed by atoms with Gasteiger partial charge in [-0.25, -0.2) is 0 Å². The third-order valence-corrected chi connectivity index (χ3v) is 4.55. The summed E-state index contributed by atoms with van der Waals surface area (Å²) in [4.78, 5) is 2.59. The molecule has 0 aromatic heterocycles. The van der Waals surface area contributed by atoms with Crippen LogP contribution in [0.2, 0.25) is 0 Å². The molecule has 0 atom stereocenters. The standard InChI is InChI=1S/C18H29BrN2/c1-18(2,3)20-14-15-9-10-16(19)13-17(15)21-11-7-5-4-6-8-12-21/h9-10,13,20H,4-8,11-12,14H2,1-3H3. The van der Waals surface area contributed by atoms with Gasteiger partial charge in [0.25, 0.3) is 0 Å². The van der Waals surface area contributed by atoms with Crippen molar-refractivity contribution in [3.8, 4) is 0 Å². The molecule has 1 saturated heterocycles. The lowest BCUT2D eigenvalue weighted by Gasteiger charge is -2.30. The molecule has 0 aliphatic carbocycles. The van der Waals surface area contributed by atoms with E-state index >= 15 is 0 Å². The molecule has 0 bridgehead atoms. The molecule has 0 unspecified atom stereocenters. The zero-order valence-corrected chi connectivity index (χ0v) is 15.3. The zero-order valence-electron chi connectivity index (χ0n) is 13.7. The van der Waals surface area contributed by atoms with Crippen molar-refractivity contribution in [2.24, 2.45) is 0 Å². The fourth-order valence-electron chi connectivity index (χ4n) is 2.83. The molecule has 21 heavy (non-hydrogen) atoms. The number of nitrogens with zero attached hydrogens (tertiary/aromatic N) is 1. The van der Waals surface area contributed by atoms with Crippen molar-refractivity contribution in [3.05, 3.63) is 28.2 Å². The highest BCUT2D eigenvalue weighted by atomic mass is 79.9. The molecule has 118 valence electrons. The molecule has 0 amide bonds. The molecule has 1 aromatic rings. The molecule has 0 spiro atoms. The summed E-state index contributed by atoms with van der Waals surface area (Å²) in [6.07, 6.45) is 6.79. The fourth-order valence-corrected chi connectivity index (χ4v) is 3.18. The van der Waals surface area contributed by atoms with Gasteiger partial charge in [-0.1, -0.05) is 41.3 Å². The topological polar surface area (TPSA) is 15.3 Å². The van der Waals surface area contributed by atoms with Gasteiger partial charge in [-0.2, -0.15) is 0 Å². The molecule has 0 radical (unpaired) electrons. The highest BCUT2D eigenvalue weighted by Crippen LogP contribution is 2.27. The minimum Gasteiger partial charge on any atom is -0.371 e. The Hall–Kier alpha value is -0.540. The van der Waals surface area contributed by atoms with Crippen molar-refractivity contribution in [3.63, 3.8) is 0 Å². The van der Waals surface area contributed by atoms with Crippen LogP contribution < -0.4 is 10.2 Å². The van der Waals surface area contributed by atoms with Crippen LogP contribution in [-0.4, -0.2) is 18.6 Å². The van der Waals surface area contributed by atoms with E-state index in [0.29, 0.717) is 0 Å². The maximum Gasteiger partial charge on any atom is 0.0423 e. The molecule has 1 fully saturated rings. The Balaban J connectivity index is 2.16. The van der Waals surface area contributed by atoms with E-state index in [1.807, 2.05) is 0 Å². The van der Waals surface area contributed by atoms with Crippen molar-refractivity contribution in [1.29, 1.82) is 0 Å². The number of rotatable bonds is 3. The first-order valence-electron chi connectivity index (χ1n) is 8.24. The summed E-state index contributed by atoms with van der Waals surface area (Å²) < 4.78 is 1.18. The maximum atomic E-state index is 3.64. The summed E-state index contributed by atoms with van der Waals surface area (Å²) in [6, 6.07) is 6.71. The van der Waals surface area contributed by atoms with Gasteiger partial charge >= 0.3 is 0 Å². The first-order chi connectivity index (χ1) is 9.96. The van der Waals surface area contributed by atoms with Gasteiger partial charge in [-0.15, -0.1) is 0 Å². The van der Waals surface area contributed by atoms with Crippen LogP contribution >= 0.6 is 15.9 Å². The Morgan fingerprint density at radius 1 is 1.05 bits per heavy atom. The van der Waals surface area contributed by atoms with E-state index in [-0.39, 0.29) is 5.54 Å². The minimum atomic E-state index is 0.153. The molecule has 1 heterocycles. The Bertz CT molecular complexity index is 443. The van der Waals surface area contributed by atoms with Gasteiger partial charge in [0.15, 0.2) is 0 Å². The van der Waals surface area contributed by atoms with Crippen LogP contribution in [0, 0.1) is 0 Å². The van der Waals surface area contributed by atoms with Crippen molar-refractivity contribution in [2.45, 2.75) is 65.0 Å². The van der Waals surface area contributed by atoms with Gasteiger partial charge in [0.2, 0.25) is 0 Å². The third kappa shape index (κ3) is 5.63. The first kappa shape index (κ1) is 16.8. The second-order valence-corrected chi connectivity index (χ2v) is 8.05. The Labute approximate surface area is 138 Å². The molecular formula is C18H29BrN2. The highest BCUT2D eigenvalue weighted by Gasteiger charge is 2.15. The Kier molecular flexibility index (Phi) is 6.12. The largest absolute Gasteiger partial charge is 0.371 e. The van der Waals surface area contributed by atoms with Crippen LogP contribution in [0.25, 0.3) is 0 Å². The second-order valence-electron chi connectivity index (χ2n) is 7.13. The summed E-state index contributed by atoms with van der Waals surface area (Å²) in [7, 11) is 0. The lowest BCUT2D eigenvalue weighted by atomic mass is 10.0. The zero-order chi connectivity index (χ0) is 15.3. The van der Waals surface area contributed by atoms with Crippen molar-refractivity contribution in [2.75, 3.05) is 18.0 Å². The monoisotopic (exact) mass is 352 g/mol. The molecule has 1 aromatic carbocycles. The van der Waals surface area contributed by atoms with Crippen LogP contribution in [-0.2, 0) is 6.54 Å². The average Bonchev–Trinajstić information content (AvgIpc) is 2.36. The summed E-state index contributed by atoms with van der Waals surface area (Å²) in [5, 5.41) is 3.62. The summed E-state index contributed by atoms with van der Waals surface area (Å²) >= 11 is 3.64. The number of benzene rings is 1. The average molecular weight is 353 g/mol. The quantitative estimate of drug-likeness (QED) is 0.813. The summed E-state index contributed by atoms with van der Waals surface area (Å²) in [5.74, 6) is 0. The Morgan fingerprint density at radius 3 is 2.29 bits per heavy atom. The van der Waals surface area contributed by atoms with Crippen LogP contribution in [0.1, 0.15) is 58.4 Å². The summed E-state index contributed by atoms with van der Waals surface area (Å²) in [6.45, 7) is 9.99. The van der Waals surface area contributed by atoms with Crippen LogP contribution in [0.3, 0.4) is 0 Å². The van der Waals surface area contributed by atoms with Crippen LogP contribution in [0.15, 0.2) is 22.7 Å². The van der Waals surface area contributed by atoms with Crippen LogP contribution in [0.5, 0.6) is 0 Å². The number of anilines is 1. The third-order valence-electron chi connectivity index (χ3n) is 4.05. The molecular weight excluding hydrogens is 324 g/mol. The van der Waals surface area contributed by atoms with E-state index < -0.39 is 0 Å². The van der Waals surface area contributed by atoms with Gasteiger partial charge in [-0.05, 0) is 51.3 Å². The number of hydrogen-bond donors (Lipinski definition) is 1. The molecule has 0 saturated carbocycles. The second kappa shape index (κ2) is 7.64. The highest BCUT2D eigenvalue weighted by molar-refractivity contribution is 9.10. The molecule has 3 heteroatoms. The van der Waals surface area contributed by atoms with E-state index in [1.165, 1.54) is 60.9 Å². The smallest absolute Gasteiger partial charge is 0.0423 e. The lowest BCUT2D eigenvalue weighted by Crippen LogP contribution is -2.36. The normalized spacial score (nSPS) is 17.4. The predicted molar refractivity (Wildman–Crippen MR) is 96.0 cm³/mol. The van der Waals surface area contributed by atoms with Gasteiger partial charge < -0.3 is 10.2 Å². The van der Waals surface area contributed by atoms with E-state index in [2.05, 4.69) is 65.1 Å². The SMILES string of the molecule is CC(C)(C)NCc1ccc(Br)cc1N1CCCCCCC1. The number of hydrogen-bond acceptors (Lipinski definition) is 2. The molecule has 1 N–H and O–H groups in total. The predicted octanol–water partition coefficient (Wildman–Crippen LogP) is 5.11. The molecule has 2 rings (SSSR count). The van der Waals surface area contributed by atoms with Crippen molar-refractivity contribution >= 4 is 21.6 Å². The molecule has 2 nitrogen and oxygen atoms in total. The first-order valence-corrected chi connectivity index (χ1v) is 9.03. The maximum absolute atomic E-state index is 3.64.